The third-order valence-electron chi connectivity index (χ3n) is 7.22. The zero-order valence-electron chi connectivity index (χ0n) is 20.1. The monoisotopic (exact) mass is 486 g/mol. The van der Waals surface area contributed by atoms with E-state index in [-0.39, 0.29) is 24.7 Å². The zero-order valence-corrected chi connectivity index (χ0v) is 21.0. The minimum absolute atomic E-state index is 0.0252. The van der Waals surface area contributed by atoms with Crippen LogP contribution < -0.4 is 0 Å². The number of esters is 1. The van der Waals surface area contributed by atoms with Gasteiger partial charge in [-0.1, -0.05) is 18.9 Å². The molecule has 1 aliphatic carbocycles. The van der Waals surface area contributed by atoms with Crippen molar-refractivity contribution in [3.05, 3.63) is 45.4 Å². The Bertz CT molecular complexity index is 1010. The van der Waals surface area contributed by atoms with Crippen LogP contribution in [0, 0.1) is 19.3 Å². The molecule has 0 atom stereocenters. The second kappa shape index (κ2) is 10.9. The first-order chi connectivity index (χ1) is 16.4. The van der Waals surface area contributed by atoms with E-state index < -0.39 is 11.4 Å². The number of carbonyl (C=O) groups excluding carboxylic acids is 3. The maximum absolute atomic E-state index is 13.1. The fourth-order valence-electron chi connectivity index (χ4n) is 5.19. The molecule has 4 rings (SSSR count). The fraction of sp³-hybridized carbons (Fsp3) is 0.577. The molecule has 1 amide bonds. The van der Waals surface area contributed by atoms with Gasteiger partial charge in [0.2, 0.25) is 11.7 Å². The second-order valence-electron chi connectivity index (χ2n) is 9.42. The summed E-state index contributed by atoms with van der Waals surface area (Å²) < 4.78 is 13.0. The molecule has 2 fully saturated rings. The summed E-state index contributed by atoms with van der Waals surface area (Å²) in [4.78, 5) is 42.0. The topological polar surface area (TPSA) is 77.8 Å². The molecule has 0 unspecified atom stereocenters. The minimum Gasteiger partial charge on any atom is -0.457 e. The molecule has 0 bridgehead atoms. The van der Waals surface area contributed by atoms with E-state index in [1.54, 1.807) is 16.2 Å². The highest BCUT2D eigenvalue weighted by atomic mass is 32.1. The van der Waals surface area contributed by atoms with E-state index in [0.717, 1.165) is 37.2 Å². The molecular weight excluding hydrogens is 452 g/mol. The van der Waals surface area contributed by atoms with E-state index in [1.165, 1.54) is 4.88 Å². The number of morpholine rings is 1. The van der Waals surface area contributed by atoms with Gasteiger partial charge in [0.15, 0.2) is 6.61 Å². The van der Waals surface area contributed by atoms with E-state index in [9.17, 15) is 14.4 Å². The van der Waals surface area contributed by atoms with Gasteiger partial charge in [-0.05, 0) is 50.6 Å². The van der Waals surface area contributed by atoms with E-state index in [4.69, 9.17) is 9.47 Å². The largest absolute Gasteiger partial charge is 0.457 e. The van der Waals surface area contributed by atoms with Crippen LogP contribution in [0.15, 0.2) is 23.6 Å². The van der Waals surface area contributed by atoms with Gasteiger partial charge < -0.3 is 18.9 Å². The molecule has 2 aromatic heterocycles. The molecule has 34 heavy (non-hydrogen) atoms. The van der Waals surface area contributed by atoms with Crippen LogP contribution in [0.25, 0.3) is 0 Å². The number of thiophene rings is 1. The van der Waals surface area contributed by atoms with Crippen molar-refractivity contribution >= 4 is 29.0 Å². The maximum atomic E-state index is 13.1. The predicted molar refractivity (Wildman–Crippen MR) is 130 cm³/mol. The van der Waals surface area contributed by atoms with Gasteiger partial charge in [-0.3, -0.25) is 14.4 Å². The molecule has 2 aliphatic rings. The van der Waals surface area contributed by atoms with Crippen molar-refractivity contribution < 1.29 is 23.9 Å². The number of ketones is 1. The number of aryl methyl sites for hydroxylation is 2. The molecule has 0 N–H and O–H groups in total. The van der Waals surface area contributed by atoms with E-state index in [0.29, 0.717) is 44.7 Å². The molecule has 2 aromatic rings. The number of Topliss-reactive ketones (excluding diaryl/α,β-unsaturated/α-hetero) is 1. The van der Waals surface area contributed by atoms with Crippen molar-refractivity contribution in [3.63, 3.8) is 0 Å². The Labute approximate surface area is 205 Å². The first-order valence-electron chi connectivity index (χ1n) is 12.1. The lowest BCUT2D eigenvalue weighted by molar-refractivity contribution is -0.159. The molecule has 0 radical (unpaired) electrons. The lowest BCUT2D eigenvalue weighted by Gasteiger charge is -2.31. The van der Waals surface area contributed by atoms with Crippen molar-refractivity contribution in [3.8, 4) is 0 Å². The number of hydrogen-bond acceptors (Lipinski definition) is 6. The summed E-state index contributed by atoms with van der Waals surface area (Å²) in [7, 11) is 0. The summed E-state index contributed by atoms with van der Waals surface area (Å²) in [6.45, 7) is 6.63. The van der Waals surface area contributed by atoms with E-state index in [1.807, 2.05) is 26.0 Å². The summed E-state index contributed by atoms with van der Waals surface area (Å²) >= 11 is 1.73. The lowest BCUT2D eigenvalue weighted by atomic mass is 9.82. The van der Waals surface area contributed by atoms with Crippen LogP contribution in [-0.4, -0.2) is 60.0 Å². The summed E-state index contributed by atoms with van der Waals surface area (Å²) in [5, 5.41) is 2.07. The van der Waals surface area contributed by atoms with E-state index in [2.05, 4.69) is 16.0 Å². The Kier molecular flexibility index (Phi) is 7.88. The molecule has 1 saturated heterocycles. The first kappa shape index (κ1) is 24.7. The maximum Gasteiger partial charge on any atom is 0.313 e. The number of rotatable bonds is 9. The van der Waals surface area contributed by atoms with Gasteiger partial charge in [-0.15, -0.1) is 11.3 Å². The van der Waals surface area contributed by atoms with Gasteiger partial charge in [0.1, 0.15) is 0 Å². The van der Waals surface area contributed by atoms with Crippen LogP contribution in [0.3, 0.4) is 0 Å². The van der Waals surface area contributed by atoms with Crippen molar-refractivity contribution in [1.82, 2.24) is 9.47 Å². The molecule has 1 saturated carbocycles. The Morgan fingerprint density at radius 1 is 1.15 bits per heavy atom. The molecular formula is C26H34N2O5S. The number of carbonyl (C=O) groups is 3. The van der Waals surface area contributed by atoms with Crippen LogP contribution in [-0.2, 0) is 32.0 Å². The molecule has 0 spiro atoms. The second-order valence-corrected chi connectivity index (χ2v) is 10.5. The van der Waals surface area contributed by atoms with Crippen molar-refractivity contribution in [2.75, 3.05) is 32.9 Å². The molecule has 0 aromatic carbocycles. The highest BCUT2D eigenvalue weighted by molar-refractivity contribution is 7.09. The predicted octanol–water partition coefficient (Wildman–Crippen LogP) is 3.94. The van der Waals surface area contributed by atoms with Gasteiger partial charge in [0, 0.05) is 47.9 Å². The average molecular weight is 487 g/mol. The van der Waals surface area contributed by atoms with Gasteiger partial charge >= 0.3 is 5.97 Å². The standard InChI is InChI=1S/C26H34N2O5S/c1-19-16-22(20(2)28(19)10-7-21-6-5-15-34-21)23(29)18-33-25(31)26(8-3-4-9-26)17-24(30)27-11-13-32-14-12-27/h5-6,15-16H,3-4,7-14,17-18H2,1-2H3. The first-order valence-corrected chi connectivity index (χ1v) is 13.0. The van der Waals surface area contributed by atoms with Crippen LogP contribution in [0.4, 0.5) is 0 Å². The molecule has 184 valence electrons. The Morgan fingerprint density at radius 2 is 1.88 bits per heavy atom. The SMILES string of the molecule is Cc1cc(C(=O)COC(=O)C2(CC(=O)N3CCOCC3)CCCC2)c(C)n1CCc1cccs1. The van der Waals surface area contributed by atoms with Crippen molar-refractivity contribution in [1.29, 1.82) is 0 Å². The highest BCUT2D eigenvalue weighted by Crippen LogP contribution is 2.42. The Balaban J connectivity index is 1.37. The lowest BCUT2D eigenvalue weighted by Crippen LogP contribution is -2.44. The number of amides is 1. The third kappa shape index (κ3) is 5.44. The minimum atomic E-state index is -0.812. The number of hydrogen-bond donors (Lipinski definition) is 0. The van der Waals surface area contributed by atoms with Crippen LogP contribution in [0.2, 0.25) is 0 Å². The third-order valence-corrected chi connectivity index (χ3v) is 8.15. The van der Waals surface area contributed by atoms with Crippen molar-refractivity contribution in [2.45, 2.75) is 58.9 Å². The average Bonchev–Trinajstić information content (AvgIpc) is 3.59. The fourth-order valence-corrected chi connectivity index (χ4v) is 5.88. The van der Waals surface area contributed by atoms with Crippen LogP contribution >= 0.6 is 11.3 Å². The molecule has 3 heterocycles. The summed E-state index contributed by atoms with van der Waals surface area (Å²) in [5.74, 6) is -0.634. The number of nitrogens with zero attached hydrogens (tertiary/aromatic N) is 2. The summed E-state index contributed by atoms with van der Waals surface area (Å²) in [6, 6.07) is 6.05. The smallest absolute Gasteiger partial charge is 0.313 e. The molecule has 8 heteroatoms. The Morgan fingerprint density at radius 3 is 2.56 bits per heavy atom. The van der Waals surface area contributed by atoms with E-state index >= 15 is 0 Å². The van der Waals surface area contributed by atoms with Gasteiger partial charge in [-0.25, -0.2) is 0 Å². The van der Waals surface area contributed by atoms with Gasteiger partial charge in [0.05, 0.1) is 18.6 Å². The number of aromatic nitrogens is 1. The Hall–Kier alpha value is -2.45. The quantitative estimate of drug-likeness (QED) is 0.396. The normalized spacial score (nSPS) is 17.6. The summed E-state index contributed by atoms with van der Waals surface area (Å²) in [6.07, 6.45) is 4.12. The molecule has 1 aliphatic heterocycles. The molecule has 7 nitrogen and oxygen atoms in total. The van der Waals surface area contributed by atoms with Crippen LogP contribution in [0.1, 0.15) is 58.7 Å². The van der Waals surface area contributed by atoms with Gasteiger partial charge in [-0.2, -0.15) is 0 Å². The van der Waals surface area contributed by atoms with Gasteiger partial charge in [0.25, 0.3) is 0 Å². The van der Waals surface area contributed by atoms with Crippen LogP contribution in [0.5, 0.6) is 0 Å². The zero-order chi connectivity index (χ0) is 24.1. The summed E-state index contributed by atoms with van der Waals surface area (Å²) in [5.41, 5.74) is 1.70. The van der Waals surface area contributed by atoms with Crippen molar-refractivity contribution in [2.24, 2.45) is 5.41 Å². The number of ether oxygens (including phenoxy) is 2. The highest BCUT2D eigenvalue weighted by Gasteiger charge is 2.45.